The summed E-state index contributed by atoms with van der Waals surface area (Å²) in [5.74, 6) is 0. The Morgan fingerprint density at radius 3 is 3.00 bits per heavy atom. The number of hydrogen-bond acceptors (Lipinski definition) is 3. The first-order valence-corrected chi connectivity index (χ1v) is 7.40. The molecule has 0 atom stereocenters. The largest absolute Gasteiger partial charge is 0.384 e. The van der Waals surface area contributed by atoms with Crippen LogP contribution >= 0.6 is 0 Å². The van der Waals surface area contributed by atoms with Gasteiger partial charge in [-0.1, -0.05) is 25.1 Å². The van der Waals surface area contributed by atoms with Crippen molar-refractivity contribution in [3.05, 3.63) is 29.3 Å². The van der Waals surface area contributed by atoms with Gasteiger partial charge in [-0.05, 0) is 35.8 Å². The summed E-state index contributed by atoms with van der Waals surface area (Å²) in [5.41, 5.74) is 4.65. The molecule has 1 fully saturated rings. The third-order valence-electron chi connectivity index (χ3n) is 4.50. The molecule has 2 aliphatic heterocycles. The van der Waals surface area contributed by atoms with Crippen molar-refractivity contribution in [3.63, 3.8) is 0 Å². The molecule has 3 nitrogen and oxygen atoms in total. The number of fused-ring (bicyclic) bond motifs is 1. The smallest absolute Gasteiger partial charge is 0.0471 e. The van der Waals surface area contributed by atoms with Crippen molar-refractivity contribution < 1.29 is 4.74 Å². The third kappa shape index (κ3) is 2.93. The number of ether oxygens (including phenoxy) is 1. The van der Waals surface area contributed by atoms with Crippen molar-refractivity contribution in [3.8, 4) is 0 Å². The lowest BCUT2D eigenvalue weighted by molar-refractivity contribution is 0.0240. The summed E-state index contributed by atoms with van der Waals surface area (Å²) in [6, 6.07) is 6.65. The molecular formula is C16H24N2O. The standard InChI is InChI=1S/C16H24N2O/c1-16(6-9-19-10-7-16)12-17-11-14-4-2-3-13-5-8-18-15(13)14/h2-4,17-18H,5-12H2,1H3. The molecule has 3 heteroatoms. The molecule has 0 aliphatic carbocycles. The van der Waals surface area contributed by atoms with Gasteiger partial charge in [-0.25, -0.2) is 0 Å². The second kappa shape index (κ2) is 5.51. The van der Waals surface area contributed by atoms with Crippen LogP contribution in [0.4, 0.5) is 5.69 Å². The fourth-order valence-electron chi connectivity index (χ4n) is 3.10. The van der Waals surface area contributed by atoms with Gasteiger partial charge in [0, 0.05) is 38.5 Å². The van der Waals surface area contributed by atoms with Crippen LogP contribution in [0.1, 0.15) is 30.9 Å². The highest BCUT2D eigenvalue weighted by atomic mass is 16.5. The predicted octanol–water partition coefficient (Wildman–Crippen LogP) is 2.56. The van der Waals surface area contributed by atoms with Gasteiger partial charge in [0.05, 0.1) is 0 Å². The van der Waals surface area contributed by atoms with Gasteiger partial charge in [0.1, 0.15) is 0 Å². The van der Waals surface area contributed by atoms with Crippen molar-refractivity contribution in [2.24, 2.45) is 5.41 Å². The average molecular weight is 260 g/mol. The molecule has 0 unspecified atom stereocenters. The monoisotopic (exact) mass is 260 g/mol. The minimum atomic E-state index is 0.406. The summed E-state index contributed by atoms with van der Waals surface area (Å²) in [4.78, 5) is 0. The third-order valence-corrected chi connectivity index (χ3v) is 4.50. The van der Waals surface area contributed by atoms with Crippen LogP contribution in [0.25, 0.3) is 0 Å². The number of anilines is 1. The maximum atomic E-state index is 5.45. The van der Waals surface area contributed by atoms with E-state index in [-0.39, 0.29) is 0 Å². The van der Waals surface area contributed by atoms with Crippen molar-refractivity contribution in [1.82, 2.24) is 5.32 Å². The molecule has 1 aromatic carbocycles. The van der Waals surface area contributed by atoms with Gasteiger partial charge in [-0.3, -0.25) is 0 Å². The fourth-order valence-corrected chi connectivity index (χ4v) is 3.10. The minimum Gasteiger partial charge on any atom is -0.384 e. The second-order valence-corrected chi connectivity index (χ2v) is 6.15. The molecule has 1 aromatic rings. The lowest BCUT2D eigenvalue weighted by Crippen LogP contribution is -2.36. The zero-order valence-electron chi connectivity index (χ0n) is 11.8. The molecule has 104 valence electrons. The van der Waals surface area contributed by atoms with Crippen molar-refractivity contribution >= 4 is 5.69 Å². The van der Waals surface area contributed by atoms with E-state index in [1.165, 1.54) is 29.7 Å². The van der Waals surface area contributed by atoms with Crippen molar-refractivity contribution in [1.29, 1.82) is 0 Å². The van der Waals surface area contributed by atoms with E-state index in [0.29, 0.717) is 5.41 Å². The molecule has 0 bridgehead atoms. The molecule has 0 spiro atoms. The molecule has 2 aliphatic rings. The van der Waals surface area contributed by atoms with Crippen LogP contribution in [0.5, 0.6) is 0 Å². The fraction of sp³-hybridized carbons (Fsp3) is 0.625. The zero-order chi connectivity index (χ0) is 13.1. The van der Waals surface area contributed by atoms with Gasteiger partial charge in [0.15, 0.2) is 0 Å². The Hall–Kier alpha value is -1.06. The highest BCUT2D eigenvalue weighted by Crippen LogP contribution is 2.30. The van der Waals surface area contributed by atoms with E-state index in [4.69, 9.17) is 4.74 Å². The highest BCUT2D eigenvalue weighted by molar-refractivity contribution is 5.61. The molecule has 0 saturated carbocycles. The quantitative estimate of drug-likeness (QED) is 0.873. The molecule has 2 heterocycles. The Morgan fingerprint density at radius 1 is 1.32 bits per heavy atom. The molecule has 2 N–H and O–H groups in total. The highest BCUT2D eigenvalue weighted by Gasteiger charge is 2.26. The summed E-state index contributed by atoms with van der Waals surface area (Å²) in [6.07, 6.45) is 3.51. The van der Waals surface area contributed by atoms with Gasteiger partial charge < -0.3 is 15.4 Å². The lowest BCUT2D eigenvalue weighted by Gasteiger charge is -2.33. The van der Waals surface area contributed by atoms with Gasteiger partial charge in [-0.15, -0.1) is 0 Å². The molecule has 0 radical (unpaired) electrons. The molecular weight excluding hydrogens is 236 g/mol. The van der Waals surface area contributed by atoms with Crippen LogP contribution in [-0.2, 0) is 17.7 Å². The average Bonchev–Trinajstić information content (AvgIpc) is 2.88. The van der Waals surface area contributed by atoms with Crippen LogP contribution in [-0.4, -0.2) is 26.3 Å². The predicted molar refractivity (Wildman–Crippen MR) is 78.5 cm³/mol. The first-order valence-electron chi connectivity index (χ1n) is 7.40. The van der Waals surface area contributed by atoms with Crippen molar-refractivity contribution in [2.75, 3.05) is 31.6 Å². The number of nitrogens with one attached hydrogen (secondary N) is 2. The Balaban J connectivity index is 1.56. The van der Waals surface area contributed by atoms with Crippen LogP contribution < -0.4 is 10.6 Å². The SMILES string of the molecule is CC1(CNCc2cccc3c2NCC3)CCOCC1. The van der Waals surface area contributed by atoms with Crippen molar-refractivity contribution in [2.45, 2.75) is 32.7 Å². The summed E-state index contributed by atoms with van der Waals surface area (Å²) >= 11 is 0. The first kappa shape index (κ1) is 12.9. The molecule has 1 saturated heterocycles. The Labute approximate surface area is 115 Å². The minimum absolute atomic E-state index is 0.406. The Bertz CT molecular complexity index is 438. The van der Waals surface area contributed by atoms with E-state index in [2.05, 4.69) is 35.8 Å². The molecule has 3 rings (SSSR count). The molecule has 19 heavy (non-hydrogen) atoms. The van der Waals surface area contributed by atoms with E-state index in [0.717, 1.165) is 39.3 Å². The van der Waals surface area contributed by atoms with Crippen LogP contribution in [0.15, 0.2) is 18.2 Å². The second-order valence-electron chi connectivity index (χ2n) is 6.15. The van der Waals surface area contributed by atoms with E-state index in [9.17, 15) is 0 Å². The number of benzene rings is 1. The lowest BCUT2D eigenvalue weighted by atomic mass is 9.82. The normalized spacial score (nSPS) is 20.9. The number of para-hydroxylation sites is 1. The summed E-state index contributed by atoms with van der Waals surface area (Å²) < 4.78 is 5.45. The topological polar surface area (TPSA) is 33.3 Å². The summed E-state index contributed by atoms with van der Waals surface area (Å²) in [6.45, 7) is 7.34. The molecule has 0 aromatic heterocycles. The van der Waals surface area contributed by atoms with Gasteiger partial charge >= 0.3 is 0 Å². The Kier molecular flexibility index (Phi) is 3.76. The van der Waals surface area contributed by atoms with E-state index in [1.807, 2.05) is 0 Å². The number of rotatable bonds is 4. The first-order chi connectivity index (χ1) is 9.27. The van der Waals surface area contributed by atoms with Gasteiger partial charge in [-0.2, -0.15) is 0 Å². The summed E-state index contributed by atoms with van der Waals surface area (Å²) in [7, 11) is 0. The maximum absolute atomic E-state index is 5.45. The van der Waals surface area contributed by atoms with Crippen LogP contribution in [0.3, 0.4) is 0 Å². The Morgan fingerprint density at radius 2 is 2.16 bits per heavy atom. The number of hydrogen-bond donors (Lipinski definition) is 2. The maximum Gasteiger partial charge on any atom is 0.0471 e. The van der Waals surface area contributed by atoms with E-state index < -0.39 is 0 Å². The zero-order valence-corrected chi connectivity index (χ0v) is 11.8. The van der Waals surface area contributed by atoms with E-state index >= 15 is 0 Å². The van der Waals surface area contributed by atoms with E-state index in [1.54, 1.807) is 0 Å². The summed E-state index contributed by atoms with van der Waals surface area (Å²) in [5, 5.41) is 7.15. The van der Waals surface area contributed by atoms with Gasteiger partial charge in [0.2, 0.25) is 0 Å². The molecule has 0 amide bonds. The van der Waals surface area contributed by atoms with Crippen LogP contribution in [0, 0.1) is 5.41 Å². The van der Waals surface area contributed by atoms with Crippen LogP contribution in [0.2, 0.25) is 0 Å². The van der Waals surface area contributed by atoms with Gasteiger partial charge in [0.25, 0.3) is 0 Å².